The van der Waals surface area contributed by atoms with E-state index in [-0.39, 0.29) is 13.2 Å². The first-order valence-electron chi connectivity index (χ1n) is 8.23. The third kappa shape index (κ3) is 3.97. The molecule has 0 bridgehead atoms. The fourth-order valence-corrected chi connectivity index (χ4v) is 2.53. The highest BCUT2D eigenvalue weighted by molar-refractivity contribution is 6.00. The first kappa shape index (κ1) is 22.4. The smallest absolute Gasteiger partial charge is 0.328 e. The Morgan fingerprint density at radius 2 is 1.48 bits per heavy atom. The predicted octanol–water partition coefficient (Wildman–Crippen LogP) is 3.34. The molecule has 0 aliphatic carbocycles. The second kappa shape index (κ2) is 9.07. The first-order valence-corrected chi connectivity index (χ1v) is 8.23. The number of halogens is 4. The van der Waals surface area contributed by atoms with Crippen LogP contribution in [0, 0.1) is 28.7 Å². The highest BCUT2D eigenvalue weighted by atomic mass is 19.2. The molecule has 0 unspecified atom stereocenters. The van der Waals surface area contributed by atoms with Crippen LogP contribution in [-0.4, -0.2) is 38.4 Å². The minimum atomic E-state index is -2.09. The number of nitrogens with zero attached hydrogens (tertiary/aromatic N) is 3. The van der Waals surface area contributed by atoms with E-state index in [0.717, 1.165) is 0 Å². The number of rotatable bonds is 6. The Kier molecular flexibility index (Phi) is 7.01. The zero-order valence-corrected chi connectivity index (χ0v) is 15.2. The molecule has 0 N–H and O–H groups in total. The molecule has 1 aliphatic heterocycles. The topological polar surface area (TPSA) is 120 Å². The number of azide groups is 1. The van der Waals surface area contributed by atoms with Gasteiger partial charge in [-0.05, 0) is 19.4 Å². The van der Waals surface area contributed by atoms with Crippen molar-refractivity contribution in [2.75, 3.05) is 26.4 Å². The number of hydrogen-bond acceptors (Lipinski definition) is 7. The summed E-state index contributed by atoms with van der Waals surface area (Å²) in [5.74, 6) is -9.89. The molecule has 13 heteroatoms. The number of ether oxygens (including phenoxy) is 4. The monoisotopic (exact) mass is 421 g/mol. The Bertz CT molecular complexity index is 818. The molecular formula is C16H15F4N3O6. The van der Waals surface area contributed by atoms with E-state index < -0.39 is 71.4 Å². The molecule has 9 nitrogen and oxygen atoms in total. The van der Waals surface area contributed by atoms with Gasteiger partial charge in [-0.3, -0.25) is 9.59 Å². The van der Waals surface area contributed by atoms with Crippen LogP contribution in [-0.2, 0) is 28.5 Å². The second-order valence-corrected chi connectivity index (χ2v) is 5.68. The van der Waals surface area contributed by atoms with Crippen LogP contribution in [0.15, 0.2) is 5.11 Å². The summed E-state index contributed by atoms with van der Waals surface area (Å²) in [6.45, 7) is 1.18. The average molecular weight is 421 g/mol. The van der Waals surface area contributed by atoms with Crippen LogP contribution in [0.4, 0.5) is 23.2 Å². The number of carbonyl (C=O) groups excluding carboxylic acids is 2. The maximum Gasteiger partial charge on any atom is 0.328 e. The van der Waals surface area contributed by atoms with Crippen molar-refractivity contribution in [1.82, 2.24) is 0 Å². The summed E-state index contributed by atoms with van der Waals surface area (Å²) in [6.07, 6.45) is -2.00. The Hall–Kier alpha value is -2.89. The van der Waals surface area contributed by atoms with Crippen molar-refractivity contribution in [3.63, 3.8) is 0 Å². The van der Waals surface area contributed by atoms with Crippen LogP contribution in [0.3, 0.4) is 0 Å². The Labute approximate surface area is 161 Å². The van der Waals surface area contributed by atoms with E-state index in [1.165, 1.54) is 13.8 Å². The van der Waals surface area contributed by atoms with Gasteiger partial charge in [0.2, 0.25) is 5.41 Å². The predicted molar refractivity (Wildman–Crippen MR) is 85.4 cm³/mol. The molecule has 0 atom stereocenters. The molecule has 158 valence electrons. The van der Waals surface area contributed by atoms with Crippen molar-refractivity contribution in [1.29, 1.82) is 0 Å². The zero-order valence-electron chi connectivity index (χ0n) is 15.2. The van der Waals surface area contributed by atoms with Gasteiger partial charge in [-0.25, -0.2) is 17.6 Å². The zero-order chi connectivity index (χ0) is 21.8. The maximum atomic E-state index is 14.3. The Balaban J connectivity index is 2.40. The molecule has 2 rings (SSSR count). The lowest BCUT2D eigenvalue weighted by Gasteiger charge is -2.36. The third-order valence-electron chi connectivity index (χ3n) is 3.95. The molecule has 0 radical (unpaired) electrons. The normalized spacial score (nSPS) is 16.1. The summed E-state index contributed by atoms with van der Waals surface area (Å²) in [5, 5.41) is 2.57. The third-order valence-corrected chi connectivity index (χ3v) is 3.95. The van der Waals surface area contributed by atoms with Crippen LogP contribution >= 0.6 is 0 Å². The lowest BCUT2D eigenvalue weighted by atomic mass is 9.89. The van der Waals surface area contributed by atoms with E-state index in [1.807, 2.05) is 0 Å². The SMILES string of the molecule is CCOC(=O)C1(C(=O)OCC)COC(c2c(F)c(F)c(N=[N+]=[N-])c(F)c2F)OC1. The molecule has 1 saturated heterocycles. The van der Waals surface area contributed by atoms with Gasteiger partial charge in [0.1, 0.15) is 5.69 Å². The first-order chi connectivity index (χ1) is 13.7. The van der Waals surface area contributed by atoms with Crippen LogP contribution < -0.4 is 0 Å². The molecule has 1 aromatic rings. The second-order valence-electron chi connectivity index (χ2n) is 5.68. The fraction of sp³-hybridized carbons (Fsp3) is 0.500. The van der Waals surface area contributed by atoms with E-state index >= 15 is 0 Å². The van der Waals surface area contributed by atoms with E-state index in [1.54, 1.807) is 0 Å². The molecule has 0 aromatic heterocycles. The van der Waals surface area contributed by atoms with Gasteiger partial charge in [0.05, 0.1) is 32.0 Å². The molecule has 1 fully saturated rings. The van der Waals surface area contributed by atoms with Gasteiger partial charge in [0.25, 0.3) is 0 Å². The van der Waals surface area contributed by atoms with Crippen molar-refractivity contribution < 1.29 is 46.1 Å². The lowest BCUT2D eigenvalue weighted by molar-refractivity contribution is -0.244. The summed E-state index contributed by atoms with van der Waals surface area (Å²) >= 11 is 0. The van der Waals surface area contributed by atoms with Crippen LogP contribution in [0.5, 0.6) is 0 Å². The van der Waals surface area contributed by atoms with E-state index in [9.17, 15) is 27.2 Å². The number of carbonyl (C=O) groups is 2. The fourth-order valence-electron chi connectivity index (χ4n) is 2.53. The number of esters is 2. The number of hydrogen-bond donors (Lipinski definition) is 0. The van der Waals surface area contributed by atoms with E-state index in [0.29, 0.717) is 0 Å². The molecule has 0 spiro atoms. The molecule has 1 aromatic carbocycles. The van der Waals surface area contributed by atoms with Crippen LogP contribution in [0.1, 0.15) is 25.7 Å². The Morgan fingerprint density at radius 1 is 1.03 bits per heavy atom. The van der Waals surface area contributed by atoms with Gasteiger partial charge in [0.15, 0.2) is 29.6 Å². The van der Waals surface area contributed by atoms with Crippen molar-refractivity contribution in [2.24, 2.45) is 10.5 Å². The van der Waals surface area contributed by atoms with Gasteiger partial charge in [-0.1, -0.05) is 5.11 Å². The standard InChI is InChI=1S/C16H15F4N3O6/c1-3-26-14(24)16(15(25)27-4-2)5-28-13(29-6-16)7-8(17)10(19)12(22-23-21)11(20)9(7)18/h13H,3-6H2,1-2H3. The van der Waals surface area contributed by atoms with Gasteiger partial charge >= 0.3 is 11.9 Å². The van der Waals surface area contributed by atoms with Gasteiger partial charge < -0.3 is 18.9 Å². The van der Waals surface area contributed by atoms with Crippen LogP contribution in [0.25, 0.3) is 10.4 Å². The molecule has 0 saturated carbocycles. The molecule has 1 aliphatic rings. The van der Waals surface area contributed by atoms with Crippen molar-refractivity contribution in [2.45, 2.75) is 20.1 Å². The van der Waals surface area contributed by atoms with E-state index in [4.69, 9.17) is 24.5 Å². The van der Waals surface area contributed by atoms with Crippen molar-refractivity contribution in [3.05, 3.63) is 39.3 Å². The Morgan fingerprint density at radius 3 is 1.86 bits per heavy atom. The lowest BCUT2D eigenvalue weighted by Crippen LogP contribution is -2.52. The minimum Gasteiger partial charge on any atom is -0.465 e. The van der Waals surface area contributed by atoms with Crippen LogP contribution in [0.2, 0.25) is 0 Å². The molecule has 29 heavy (non-hydrogen) atoms. The van der Waals surface area contributed by atoms with Crippen molar-refractivity contribution in [3.8, 4) is 0 Å². The maximum absolute atomic E-state index is 14.3. The largest absolute Gasteiger partial charge is 0.465 e. The van der Waals surface area contributed by atoms with E-state index in [2.05, 4.69) is 10.0 Å². The van der Waals surface area contributed by atoms with Gasteiger partial charge in [-0.15, -0.1) is 0 Å². The molecule has 1 heterocycles. The highest BCUT2D eigenvalue weighted by Gasteiger charge is 2.54. The molecular weight excluding hydrogens is 406 g/mol. The number of benzene rings is 1. The summed E-state index contributed by atoms with van der Waals surface area (Å²) < 4.78 is 76.1. The summed E-state index contributed by atoms with van der Waals surface area (Å²) in [7, 11) is 0. The molecule has 0 amide bonds. The average Bonchev–Trinajstić information content (AvgIpc) is 2.71. The van der Waals surface area contributed by atoms with Crippen molar-refractivity contribution >= 4 is 17.6 Å². The quantitative estimate of drug-likeness (QED) is 0.132. The summed E-state index contributed by atoms with van der Waals surface area (Å²) in [6, 6.07) is 0. The highest BCUT2D eigenvalue weighted by Crippen LogP contribution is 2.39. The minimum absolute atomic E-state index is 0.0933. The summed E-state index contributed by atoms with van der Waals surface area (Å²) in [4.78, 5) is 26.6. The summed E-state index contributed by atoms with van der Waals surface area (Å²) in [5.41, 5.74) is 3.38. The van der Waals surface area contributed by atoms with Gasteiger partial charge in [0, 0.05) is 4.91 Å². The van der Waals surface area contributed by atoms with Gasteiger partial charge in [-0.2, -0.15) is 0 Å².